The van der Waals surface area contributed by atoms with Crippen molar-refractivity contribution >= 4 is 34.2 Å². The molecule has 1 aromatic rings. The number of anilines is 1. The second-order valence-electron chi connectivity index (χ2n) is 3.77. The molecule has 1 aliphatic rings. The second-order valence-corrected chi connectivity index (χ2v) is 4.93. The van der Waals surface area contributed by atoms with Crippen LogP contribution in [0.3, 0.4) is 0 Å². The molecule has 1 aromatic carbocycles. The van der Waals surface area contributed by atoms with Crippen LogP contribution in [0.1, 0.15) is 6.92 Å². The van der Waals surface area contributed by atoms with Crippen LogP contribution in [0.2, 0.25) is 0 Å². The third kappa shape index (κ3) is 2.44. The molecule has 0 spiro atoms. The fourth-order valence-corrected chi connectivity index (χ4v) is 1.98. The summed E-state index contributed by atoms with van der Waals surface area (Å²) in [5, 5.41) is 6.06. The third-order valence-corrected chi connectivity index (χ3v) is 3.61. The van der Waals surface area contributed by atoms with E-state index >= 15 is 0 Å². The average Bonchev–Trinajstić information content (AvgIpc) is 2.18. The maximum absolute atomic E-state index is 11.9. The summed E-state index contributed by atoms with van der Waals surface area (Å²) in [5.74, 6) is 0.000570. The first-order valence-electron chi connectivity index (χ1n) is 5.13. The van der Waals surface area contributed by atoms with Crippen molar-refractivity contribution in [2.75, 3.05) is 18.4 Å². The molecule has 2 rings (SSSR count). The highest BCUT2D eigenvalue weighted by Gasteiger charge is 2.16. The van der Waals surface area contributed by atoms with Gasteiger partial charge in [0.25, 0.3) is 5.91 Å². The van der Waals surface area contributed by atoms with Gasteiger partial charge < -0.3 is 10.6 Å². The van der Waals surface area contributed by atoms with Gasteiger partial charge in [-0.15, -0.1) is 0 Å². The smallest absolute Gasteiger partial charge is 0.251 e. The van der Waals surface area contributed by atoms with Crippen LogP contribution in [-0.4, -0.2) is 19.0 Å². The van der Waals surface area contributed by atoms with E-state index in [2.05, 4.69) is 33.2 Å². The Morgan fingerprint density at radius 2 is 2.06 bits per heavy atom. The Labute approximate surface area is 108 Å². The van der Waals surface area contributed by atoms with Gasteiger partial charge in [0.05, 0.1) is 5.69 Å². The van der Waals surface area contributed by atoms with Crippen molar-refractivity contribution in [2.45, 2.75) is 6.92 Å². The van der Waals surface area contributed by atoms with Gasteiger partial charge >= 0.3 is 0 Å². The predicted molar refractivity (Wildman–Crippen MR) is 73.4 cm³/mol. The predicted octanol–water partition coefficient (Wildman–Crippen LogP) is 2.15. The lowest BCUT2D eigenvalue weighted by Gasteiger charge is -2.21. The van der Waals surface area contributed by atoms with Crippen LogP contribution >= 0.6 is 22.6 Å². The number of para-hydroxylation sites is 1. The standard InChI is InChI=1S/C12H13IN2O/c1-8(9-6-14-7-9)12(16)15-11-5-3-2-4-10(11)13/h2-5,14H,6-7H2,1H3,(H,15,16). The van der Waals surface area contributed by atoms with Crippen LogP contribution < -0.4 is 10.6 Å². The Morgan fingerprint density at radius 1 is 1.38 bits per heavy atom. The van der Waals surface area contributed by atoms with Gasteiger partial charge in [0.2, 0.25) is 0 Å². The van der Waals surface area contributed by atoms with Crippen LogP contribution in [0.5, 0.6) is 0 Å². The topological polar surface area (TPSA) is 41.1 Å². The molecule has 3 nitrogen and oxygen atoms in total. The number of hydrogen-bond donors (Lipinski definition) is 2. The quantitative estimate of drug-likeness (QED) is 0.645. The van der Waals surface area contributed by atoms with E-state index in [4.69, 9.17) is 0 Å². The molecule has 0 bridgehead atoms. The summed E-state index contributed by atoms with van der Waals surface area (Å²) in [7, 11) is 0. The summed E-state index contributed by atoms with van der Waals surface area (Å²) in [4.78, 5) is 11.9. The third-order valence-electron chi connectivity index (χ3n) is 2.67. The molecule has 0 saturated carbocycles. The largest absolute Gasteiger partial charge is 0.321 e. The number of rotatable bonds is 2. The number of carbonyl (C=O) groups excluding carboxylic acids is 1. The zero-order valence-electron chi connectivity index (χ0n) is 9.01. The molecule has 1 amide bonds. The minimum absolute atomic E-state index is 0.000570. The SMILES string of the molecule is CC(C(=O)Nc1ccccc1I)=C1CNC1. The van der Waals surface area contributed by atoms with Crippen molar-refractivity contribution in [3.05, 3.63) is 39.0 Å². The van der Waals surface area contributed by atoms with E-state index in [1.165, 1.54) is 5.57 Å². The minimum atomic E-state index is 0.000570. The Morgan fingerprint density at radius 3 is 2.62 bits per heavy atom. The van der Waals surface area contributed by atoms with Gasteiger partial charge in [-0.1, -0.05) is 12.1 Å². The average molecular weight is 328 g/mol. The Bertz CT molecular complexity index is 448. The highest BCUT2D eigenvalue weighted by Crippen LogP contribution is 2.18. The molecular formula is C12H13IN2O. The van der Waals surface area contributed by atoms with Gasteiger partial charge in [0.15, 0.2) is 0 Å². The van der Waals surface area contributed by atoms with Crippen LogP contribution in [0.15, 0.2) is 35.4 Å². The molecule has 4 heteroatoms. The molecule has 0 radical (unpaired) electrons. The van der Waals surface area contributed by atoms with E-state index in [1.54, 1.807) is 0 Å². The maximum atomic E-state index is 11.9. The first-order chi connectivity index (χ1) is 7.68. The van der Waals surface area contributed by atoms with Gasteiger partial charge in [-0.3, -0.25) is 4.79 Å². The van der Waals surface area contributed by atoms with Crippen molar-refractivity contribution in [1.29, 1.82) is 0 Å². The second kappa shape index (κ2) is 4.97. The molecule has 0 aromatic heterocycles. The Balaban J connectivity index is 2.11. The number of halogens is 1. The summed E-state index contributed by atoms with van der Waals surface area (Å²) < 4.78 is 1.05. The zero-order chi connectivity index (χ0) is 11.5. The van der Waals surface area contributed by atoms with Crippen molar-refractivity contribution in [2.24, 2.45) is 0 Å². The van der Waals surface area contributed by atoms with E-state index in [0.717, 1.165) is 27.9 Å². The summed E-state index contributed by atoms with van der Waals surface area (Å²) in [6.07, 6.45) is 0. The molecule has 16 heavy (non-hydrogen) atoms. The monoisotopic (exact) mass is 328 g/mol. The highest BCUT2D eigenvalue weighted by atomic mass is 127. The molecular weight excluding hydrogens is 315 g/mol. The first-order valence-corrected chi connectivity index (χ1v) is 6.21. The van der Waals surface area contributed by atoms with Crippen LogP contribution in [-0.2, 0) is 4.79 Å². The lowest BCUT2D eigenvalue weighted by molar-refractivity contribution is -0.112. The molecule has 84 valence electrons. The molecule has 2 N–H and O–H groups in total. The lowest BCUT2D eigenvalue weighted by Crippen LogP contribution is -2.36. The van der Waals surface area contributed by atoms with E-state index in [1.807, 2.05) is 31.2 Å². The molecule has 1 saturated heterocycles. The van der Waals surface area contributed by atoms with Gasteiger partial charge in [0, 0.05) is 22.2 Å². The molecule has 0 unspecified atom stereocenters. The van der Waals surface area contributed by atoms with Crippen molar-refractivity contribution < 1.29 is 4.79 Å². The van der Waals surface area contributed by atoms with Crippen LogP contribution in [0, 0.1) is 3.57 Å². The van der Waals surface area contributed by atoms with Gasteiger partial charge in [-0.05, 0) is 47.2 Å². The molecule has 0 atom stereocenters. The summed E-state index contributed by atoms with van der Waals surface area (Å²) in [5.41, 5.74) is 2.90. The first kappa shape index (κ1) is 11.6. The number of amides is 1. The fourth-order valence-electron chi connectivity index (χ4n) is 1.45. The fraction of sp³-hybridized carbons (Fsp3) is 0.250. The number of benzene rings is 1. The van der Waals surface area contributed by atoms with E-state index < -0.39 is 0 Å². The zero-order valence-corrected chi connectivity index (χ0v) is 11.2. The van der Waals surface area contributed by atoms with Gasteiger partial charge in [-0.25, -0.2) is 0 Å². The maximum Gasteiger partial charge on any atom is 0.251 e. The summed E-state index contributed by atoms with van der Waals surface area (Å²) in [6.45, 7) is 3.55. The molecule has 1 heterocycles. The number of nitrogens with one attached hydrogen (secondary N) is 2. The molecule has 1 aliphatic heterocycles. The van der Waals surface area contributed by atoms with Crippen molar-refractivity contribution in [3.8, 4) is 0 Å². The minimum Gasteiger partial charge on any atom is -0.321 e. The summed E-state index contributed by atoms with van der Waals surface area (Å²) in [6, 6.07) is 7.77. The summed E-state index contributed by atoms with van der Waals surface area (Å²) >= 11 is 2.21. The van der Waals surface area contributed by atoms with Crippen LogP contribution in [0.25, 0.3) is 0 Å². The van der Waals surface area contributed by atoms with E-state index in [-0.39, 0.29) is 5.91 Å². The van der Waals surface area contributed by atoms with E-state index in [0.29, 0.717) is 0 Å². The lowest BCUT2D eigenvalue weighted by atomic mass is 10.0. The normalized spacial score (nSPS) is 14.2. The molecule has 0 aliphatic carbocycles. The number of hydrogen-bond acceptors (Lipinski definition) is 2. The van der Waals surface area contributed by atoms with Crippen molar-refractivity contribution in [3.63, 3.8) is 0 Å². The Hall–Kier alpha value is -0.880. The van der Waals surface area contributed by atoms with Crippen LogP contribution in [0.4, 0.5) is 5.69 Å². The molecule has 1 fully saturated rings. The Kier molecular flexibility index (Phi) is 3.60. The van der Waals surface area contributed by atoms with Gasteiger partial charge in [-0.2, -0.15) is 0 Å². The van der Waals surface area contributed by atoms with Gasteiger partial charge in [0.1, 0.15) is 0 Å². The number of carbonyl (C=O) groups is 1. The highest BCUT2D eigenvalue weighted by molar-refractivity contribution is 14.1. The van der Waals surface area contributed by atoms with E-state index in [9.17, 15) is 4.79 Å². The van der Waals surface area contributed by atoms with Crippen molar-refractivity contribution in [1.82, 2.24) is 5.32 Å².